The van der Waals surface area contributed by atoms with E-state index in [4.69, 9.17) is 16.7 Å². The average molecular weight is 379 g/mol. The van der Waals surface area contributed by atoms with Crippen molar-refractivity contribution in [2.24, 2.45) is 0 Å². The van der Waals surface area contributed by atoms with E-state index in [1.165, 1.54) is 0 Å². The minimum atomic E-state index is -0.935. The molecule has 0 saturated carbocycles. The average Bonchev–Trinajstić information content (AvgIpc) is 2.61. The third kappa shape index (κ3) is 5.91. The summed E-state index contributed by atoms with van der Waals surface area (Å²) in [5, 5.41) is 34.9. The third-order valence-electron chi connectivity index (χ3n) is 4.07. The molecule has 26 heavy (non-hydrogen) atoms. The summed E-state index contributed by atoms with van der Waals surface area (Å²) in [6.07, 6.45) is -0.0151. The quantitative estimate of drug-likeness (QED) is 0.460. The van der Waals surface area contributed by atoms with Gasteiger partial charge in [-0.1, -0.05) is 29.8 Å². The molecule has 0 aliphatic heterocycles. The maximum Gasteiger partial charge on any atom is 0.322 e. The first-order valence-electron chi connectivity index (χ1n) is 8.31. The Balaban J connectivity index is 1.84. The zero-order valence-electron chi connectivity index (χ0n) is 14.4. The summed E-state index contributed by atoms with van der Waals surface area (Å²) in [4.78, 5) is 10.6. The summed E-state index contributed by atoms with van der Waals surface area (Å²) >= 11 is 6.25. The number of anilines is 1. The van der Waals surface area contributed by atoms with Gasteiger partial charge in [-0.2, -0.15) is 0 Å². The summed E-state index contributed by atoms with van der Waals surface area (Å²) in [5.41, 5.74) is 2.33. The number of aromatic hydroxyl groups is 1. The second-order valence-corrected chi connectivity index (χ2v) is 6.49. The lowest BCUT2D eigenvalue weighted by Gasteiger charge is -2.21. The number of rotatable bonds is 9. The number of carbonyl (C=O) groups is 1. The highest BCUT2D eigenvalue weighted by atomic mass is 35.5. The van der Waals surface area contributed by atoms with Crippen LogP contribution in [0.1, 0.15) is 24.2 Å². The van der Waals surface area contributed by atoms with Crippen molar-refractivity contribution in [3.05, 3.63) is 58.6 Å². The Morgan fingerprint density at radius 1 is 1.19 bits per heavy atom. The van der Waals surface area contributed by atoms with Gasteiger partial charge in [-0.05, 0) is 55.3 Å². The molecule has 0 aliphatic carbocycles. The highest BCUT2D eigenvalue weighted by Gasteiger charge is 2.15. The molecule has 0 bridgehead atoms. The van der Waals surface area contributed by atoms with Crippen molar-refractivity contribution in [1.82, 2.24) is 5.32 Å². The second-order valence-electron chi connectivity index (χ2n) is 6.08. The van der Waals surface area contributed by atoms with Crippen molar-refractivity contribution >= 4 is 23.3 Å². The molecule has 0 spiro atoms. The van der Waals surface area contributed by atoms with E-state index in [2.05, 4.69) is 10.6 Å². The van der Waals surface area contributed by atoms with Crippen molar-refractivity contribution in [2.75, 3.05) is 18.4 Å². The maximum absolute atomic E-state index is 10.6. The molecule has 0 heterocycles. The number of aliphatic carboxylic acids is 1. The highest BCUT2D eigenvalue weighted by molar-refractivity contribution is 6.31. The normalized spacial score (nSPS) is 13.2. The van der Waals surface area contributed by atoms with Crippen LogP contribution in [0.4, 0.5) is 5.69 Å². The van der Waals surface area contributed by atoms with Crippen molar-refractivity contribution < 1.29 is 20.1 Å². The van der Waals surface area contributed by atoms with Crippen molar-refractivity contribution in [3.63, 3.8) is 0 Å². The smallest absolute Gasteiger partial charge is 0.322 e. The summed E-state index contributed by atoms with van der Waals surface area (Å²) in [6, 6.07) is 11.7. The van der Waals surface area contributed by atoms with E-state index in [1.807, 2.05) is 13.0 Å². The van der Waals surface area contributed by atoms with Gasteiger partial charge in [0, 0.05) is 16.8 Å². The Morgan fingerprint density at radius 3 is 2.50 bits per heavy atom. The summed E-state index contributed by atoms with van der Waals surface area (Å²) in [5.74, 6) is -0.770. The van der Waals surface area contributed by atoms with Crippen molar-refractivity contribution in [2.45, 2.75) is 25.5 Å². The number of aliphatic hydroxyl groups is 1. The van der Waals surface area contributed by atoms with Crippen molar-refractivity contribution in [1.29, 1.82) is 0 Å². The topological polar surface area (TPSA) is 102 Å². The van der Waals surface area contributed by atoms with Crippen LogP contribution in [0.3, 0.4) is 0 Å². The molecule has 0 radical (unpaired) electrons. The molecule has 140 valence electrons. The lowest BCUT2D eigenvalue weighted by molar-refractivity contribution is -0.134. The van der Waals surface area contributed by atoms with E-state index >= 15 is 0 Å². The number of aliphatic hydroxyl groups excluding tert-OH is 1. The minimum Gasteiger partial charge on any atom is -0.508 e. The van der Waals surface area contributed by atoms with Gasteiger partial charge in [-0.25, -0.2) is 0 Å². The summed E-state index contributed by atoms with van der Waals surface area (Å²) in [7, 11) is 0. The fourth-order valence-electron chi connectivity index (χ4n) is 2.54. The minimum absolute atomic E-state index is 0.163. The van der Waals surface area contributed by atoms with Gasteiger partial charge < -0.3 is 26.0 Å². The molecule has 0 amide bonds. The first-order chi connectivity index (χ1) is 12.4. The van der Waals surface area contributed by atoms with E-state index in [-0.39, 0.29) is 18.3 Å². The largest absolute Gasteiger partial charge is 0.508 e. The number of carboxylic acids is 1. The third-order valence-corrected chi connectivity index (χ3v) is 4.42. The fraction of sp³-hybridized carbons (Fsp3) is 0.316. The number of hydrogen-bond donors (Lipinski definition) is 5. The van der Waals surface area contributed by atoms with E-state index < -0.39 is 12.1 Å². The summed E-state index contributed by atoms with van der Waals surface area (Å²) in [6.45, 7) is 2.35. The molecule has 2 aromatic carbocycles. The van der Waals surface area contributed by atoms with Gasteiger partial charge in [0.25, 0.3) is 0 Å². The SMILES string of the molecule is C[C@H](NCCc1ccc(NCC(=O)O)cc1Cl)[C@H](O)c1ccc(O)cc1. The van der Waals surface area contributed by atoms with Crippen LogP contribution in [0.25, 0.3) is 0 Å². The van der Waals surface area contributed by atoms with Crippen LogP contribution in [0.15, 0.2) is 42.5 Å². The Hall–Kier alpha value is -2.28. The fourth-order valence-corrected chi connectivity index (χ4v) is 2.82. The Morgan fingerprint density at radius 2 is 1.88 bits per heavy atom. The Kier molecular flexibility index (Phi) is 7.26. The van der Waals surface area contributed by atoms with Gasteiger partial charge in [0.1, 0.15) is 12.3 Å². The van der Waals surface area contributed by atoms with E-state index in [0.717, 1.165) is 11.1 Å². The zero-order chi connectivity index (χ0) is 19.1. The Bertz CT molecular complexity index is 737. The van der Waals surface area contributed by atoms with Crippen LogP contribution >= 0.6 is 11.6 Å². The molecule has 0 aliphatic rings. The standard InChI is InChI=1S/C19H23ClN2O4/c1-12(19(26)14-3-6-16(23)7-4-14)21-9-8-13-2-5-15(10-17(13)20)22-11-18(24)25/h2-7,10,12,19,21-23,26H,8-9,11H2,1H3,(H,24,25)/t12-,19-/m0/s1. The molecule has 0 aromatic heterocycles. The molecule has 0 unspecified atom stereocenters. The molecule has 7 heteroatoms. The molecule has 0 saturated heterocycles. The number of halogens is 1. The first kappa shape index (κ1) is 20.0. The van der Waals surface area contributed by atoms with Gasteiger partial charge in [-0.3, -0.25) is 4.79 Å². The van der Waals surface area contributed by atoms with Gasteiger partial charge >= 0.3 is 5.97 Å². The zero-order valence-corrected chi connectivity index (χ0v) is 15.2. The predicted octanol–water partition coefficient (Wildman–Crippen LogP) is 2.80. The van der Waals surface area contributed by atoms with Crippen LogP contribution in [0, 0.1) is 0 Å². The van der Waals surface area contributed by atoms with Crippen molar-refractivity contribution in [3.8, 4) is 5.75 Å². The van der Waals surface area contributed by atoms with Gasteiger partial charge in [-0.15, -0.1) is 0 Å². The number of phenolic OH excluding ortho intramolecular Hbond substituents is 1. The molecule has 6 nitrogen and oxygen atoms in total. The molecule has 5 N–H and O–H groups in total. The molecule has 2 atom stereocenters. The van der Waals surface area contributed by atoms with Crippen LogP contribution in [-0.2, 0) is 11.2 Å². The maximum atomic E-state index is 10.6. The predicted molar refractivity (Wildman–Crippen MR) is 102 cm³/mol. The number of phenols is 1. The van der Waals surface area contributed by atoms with E-state index in [1.54, 1.807) is 36.4 Å². The molecular formula is C19H23ClN2O4. The monoisotopic (exact) mass is 378 g/mol. The molecular weight excluding hydrogens is 356 g/mol. The highest BCUT2D eigenvalue weighted by Crippen LogP contribution is 2.22. The van der Waals surface area contributed by atoms with Crippen LogP contribution in [0.2, 0.25) is 5.02 Å². The van der Waals surface area contributed by atoms with E-state index in [9.17, 15) is 15.0 Å². The second kappa shape index (κ2) is 9.43. The lowest BCUT2D eigenvalue weighted by atomic mass is 10.0. The van der Waals surface area contributed by atoms with Crippen LogP contribution in [-0.4, -0.2) is 40.4 Å². The first-order valence-corrected chi connectivity index (χ1v) is 8.69. The molecule has 2 aromatic rings. The molecule has 0 fully saturated rings. The van der Waals surface area contributed by atoms with Gasteiger partial charge in [0.15, 0.2) is 0 Å². The van der Waals surface area contributed by atoms with Gasteiger partial charge in [0.05, 0.1) is 6.10 Å². The van der Waals surface area contributed by atoms with Crippen LogP contribution in [0.5, 0.6) is 5.75 Å². The number of benzene rings is 2. The Labute approximate surface area is 157 Å². The van der Waals surface area contributed by atoms with Gasteiger partial charge in [0.2, 0.25) is 0 Å². The number of carboxylic acid groups (broad SMARTS) is 1. The van der Waals surface area contributed by atoms with Crippen LogP contribution < -0.4 is 10.6 Å². The number of hydrogen-bond acceptors (Lipinski definition) is 5. The molecule has 2 rings (SSSR count). The summed E-state index contributed by atoms with van der Waals surface area (Å²) < 4.78 is 0. The van der Waals surface area contributed by atoms with E-state index in [0.29, 0.717) is 23.7 Å². The number of nitrogens with one attached hydrogen (secondary N) is 2. The lowest BCUT2D eigenvalue weighted by Crippen LogP contribution is -2.33.